The van der Waals surface area contributed by atoms with Gasteiger partial charge in [-0.25, -0.2) is 4.99 Å². The molecule has 1 atom stereocenters. The SMILES string of the molecule is CC1(O)CC(N2C(=O)C[C@]3(Cc4c(Nc5ccc(Cl)cc5)cccc43)N=C2N)C1. The molecule has 1 fully saturated rings. The first kappa shape index (κ1) is 18.5. The molecule has 2 aliphatic carbocycles. The number of fused-ring (bicyclic) bond motifs is 2. The van der Waals surface area contributed by atoms with Crippen molar-refractivity contribution in [1.29, 1.82) is 0 Å². The van der Waals surface area contributed by atoms with Crippen LogP contribution in [-0.4, -0.2) is 33.5 Å². The summed E-state index contributed by atoms with van der Waals surface area (Å²) in [6.07, 6.45) is 2.05. The molecule has 0 saturated heterocycles. The molecule has 2 aromatic carbocycles. The number of halogens is 1. The molecule has 0 bridgehead atoms. The Bertz CT molecular complexity index is 1030. The van der Waals surface area contributed by atoms with Crippen molar-refractivity contribution >= 4 is 34.8 Å². The lowest BCUT2D eigenvalue weighted by Crippen LogP contribution is -2.62. The van der Waals surface area contributed by atoms with Gasteiger partial charge in [-0.15, -0.1) is 0 Å². The molecule has 0 unspecified atom stereocenters. The quantitative estimate of drug-likeness (QED) is 0.724. The summed E-state index contributed by atoms with van der Waals surface area (Å²) in [6, 6.07) is 13.5. The number of nitrogens with one attached hydrogen (secondary N) is 1. The van der Waals surface area contributed by atoms with E-state index in [1.54, 1.807) is 11.8 Å². The molecule has 5 rings (SSSR count). The number of aliphatic hydroxyl groups is 1. The van der Waals surface area contributed by atoms with Crippen molar-refractivity contribution in [2.45, 2.75) is 49.8 Å². The van der Waals surface area contributed by atoms with Gasteiger partial charge in [0, 0.05) is 28.9 Å². The van der Waals surface area contributed by atoms with Crippen LogP contribution < -0.4 is 11.1 Å². The largest absolute Gasteiger partial charge is 0.390 e. The van der Waals surface area contributed by atoms with Crippen molar-refractivity contribution in [2.24, 2.45) is 10.7 Å². The average molecular weight is 411 g/mol. The normalized spacial score (nSPS) is 30.3. The number of rotatable bonds is 3. The van der Waals surface area contributed by atoms with Crippen LogP contribution >= 0.6 is 11.6 Å². The van der Waals surface area contributed by atoms with Crippen LogP contribution in [0.1, 0.15) is 37.3 Å². The Balaban J connectivity index is 1.41. The molecule has 2 aromatic rings. The Morgan fingerprint density at radius 2 is 1.93 bits per heavy atom. The topological polar surface area (TPSA) is 91.0 Å². The lowest BCUT2D eigenvalue weighted by molar-refractivity contribution is -0.139. The van der Waals surface area contributed by atoms with Gasteiger partial charge < -0.3 is 16.2 Å². The van der Waals surface area contributed by atoms with Crippen molar-refractivity contribution in [3.63, 3.8) is 0 Å². The Kier molecular flexibility index (Phi) is 3.95. The van der Waals surface area contributed by atoms with Gasteiger partial charge in [0.15, 0.2) is 5.96 Å². The number of amides is 1. The molecule has 1 amide bonds. The number of carbonyl (C=O) groups is 1. The summed E-state index contributed by atoms with van der Waals surface area (Å²) in [7, 11) is 0. The molecular weight excluding hydrogens is 388 g/mol. The van der Waals surface area contributed by atoms with Gasteiger partial charge in [-0.3, -0.25) is 9.69 Å². The van der Waals surface area contributed by atoms with E-state index in [9.17, 15) is 9.90 Å². The number of aliphatic imine (C=N–C) groups is 1. The summed E-state index contributed by atoms with van der Waals surface area (Å²) in [5.41, 5.74) is 9.11. The van der Waals surface area contributed by atoms with E-state index in [-0.39, 0.29) is 17.9 Å². The molecule has 0 aromatic heterocycles. The minimum absolute atomic E-state index is 0.0142. The second kappa shape index (κ2) is 6.21. The predicted octanol–water partition coefficient (Wildman–Crippen LogP) is 3.30. The standard InChI is InChI=1S/C22H23ClN4O2/c1-21(29)9-15(10-21)27-19(28)12-22(26-20(27)24)11-16-17(22)3-2-4-18(16)25-14-7-5-13(23)6-8-14/h2-8,15,25,29H,9-12H2,1H3,(H2,24,26)/t15?,21?,22-/m0/s1. The Morgan fingerprint density at radius 3 is 2.59 bits per heavy atom. The van der Waals surface area contributed by atoms with Gasteiger partial charge >= 0.3 is 0 Å². The third-order valence-corrected chi connectivity index (χ3v) is 6.53. The number of nitrogens with two attached hydrogens (primary N) is 1. The van der Waals surface area contributed by atoms with Gasteiger partial charge in [-0.05, 0) is 61.2 Å². The average Bonchev–Trinajstić information content (AvgIpc) is 2.62. The minimum Gasteiger partial charge on any atom is -0.390 e. The van der Waals surface area contributed by atoms with E-state index in [1.807, 2.05) is 42.5 Å². The Labute approximate surface area is 174 Å². The van der Waals surface area contributed by atoms with Crippen molar-refractivity contribution in [3.05, 3.63) is 58.6 Å². The summed E-state index contributed by atoms with van der Waals surface area (Å²) in [5, 5.41) is 14.1. The molecule has 6 nitrogen and oxygen atoms in total. The van der Waals surface area contributed by atoms with E-state index < -0.39 is 11.1 Å². The molecule has 29 heavy (non-hydrogen) atoms. The van der Waals surface area contributed by atoms with E-state index in [2.05, 4.69) is 5.32 Å². The summed E-state index contributed by atoms with van der Waals surface area (Å²) >= 11 is 5.97. The number of benzene rings is 2. The summed E-state index contributed by atoms with van der Waals surface area (Å²) in [6.45, 7) is 1.78. The molecule has 1 spiro atoms. The summed E-state index contributed by atoms with van der Waals surface area (Å²) in [4.78, 5) is 19.3. The first-order chi connectivity index (χ1) is 13.8. The predicted molar refractivity (Wildman–Crippen MR) is 113 cm³/mol. The third-order valence-electron chi connectivity index (χ3n) is 6.27. The van der Waals surface area contributed by atoms with Gasteiger partial charge in [0.2, 0.25) is 5.91 Å². The van der Waals surface area contributed by atoms with Gasteiger partial charge in [-0.2, -0.15) is 0 Å². The summed E-state index contributed by atoms with van der Waals surface area (Å²) in [5.74, 6) is 0.253. The third kappa shape index (κ3) is 2.98. The lowest BCUT2D eigenvalue weighted by Gasteiger charge is -2.51. The molecule has 1 heterocycles. The number of carbonyl (C=O) groups excluding carboxylic acids is 1. The Morgan fingerprint density at radius 1 is 1.21 bits per heavy atom. The highest BCUT2D eigenvalue weighted by Gasteiger charge is 2.53. The second-order valence-corrected chi connectivity index (χ2v) is 9.08. The van der Waals surface area contributed by atoms with Gasteiger partial charge in [0.05, 0.1) is 12.0 Å². The molecule has 4 N–H and O–H groups in total. The van der Waals surface area contributed by atoms with Crippen molar-refractivity contribution in [1.82, 2.24) is 4.90 Å². The fourth-order valence-electron chi connectivity index (χ4n) is 4.86. The first-order valence-corrected chi connectivity index (χ1v) is 10.2. The summed E-state index contributed by atoms with van der Waals surface area (Å²) < 4.78 is 0. The van der Waals surface area contributed by atoms with Crippen molar-refractivity contribution < 1.29 is 9.90 Å². The highest BCUT2D eigenvalue weighted by Crippen LogP contribution is 2.51. The molecule has 0 radical (unpaired) electrons. The highest BCUT2D eigenvalue weighted by molar-refractivity contribution is 6.30. The molecule has 1 saturated carbocycles. The van der Waals surface area contributed by atoms with E-state index in [0.717, 1.165) is 22.5 Å². The Hall–Kier alpha value is -2.57. The zero-order valence-corrected chi connectivity index (χ0v) is 16.9. The fraction of sp³-hybridized carbons (Fsp3) is 0.364. The van der Waals surface area contributed by atoms with E-state index in [4.69, 9.17) is 22.3 Å². The van der Waals surface area contributed by atoms with E-state index in [0.29, 0.717) is 30.7 Å². The number of hydrogen-bond acceptors (Lipinski definition) is 5. The monoisotopic (exact) mass is 410 g/mol. The van der Waals surface area contributed by atoms with Crippen LogP contribution in [0.3, 0.4) is 0 Å². The molecule has 3 aliphatic rings. The van der Waals surface area contributed by atoms with Gasteiger partial charge in [-0.1, -0.05) is 23.7 Å². The lowest BCUT2D eigenvalue weighted by atomic mass is 9.67. The molecular formula is C22H23ClN4O2. The van der Waals surface area contributed by atoms with E-state index in [1.165, 1.54) is 0 Å². The molecule has 1 aliphatic heterocycles. The van der Waals surface area contributed by atoms with Gasteiger partial charge in [0.1, 0.15) is 5.54 Å². The number of guanidine groups is 1. The van der Waals surface area contributed by atoms with Gasteiger partial charge in [0.25, 0.3) is 0 Å². The van der Waals surface area contributed by atoms with Crippen LogP contribution in [0.4, 0.5) is 11.4 Å². The molecule has 150 valence electrons. The van der Waals surface area contributed by atoms with E-state index >= 15 is 0 Å². The highest BCUT2D eigenvalue weighted by atomic mass is 35.5. The van der Waals surface area contributed by atoms with Crippen LogP contribution in [0.5, 0.6) is 0 Å². The van der Waals surface area contributed by atoms with Crippen molar-refractivity contribution in [2.75, 3.05) is 5.32 Å². The maximum atomic E-state index is 12.9. The zero-order chi connectivity index (χ0) is 20.4. The zero-order valence-electron chi connectivity index (χ0n) is 16.2. The van der Waals surface area contributed by atoms with Crippen LogP contribution in [0.15, 0.2) is 47.5 Å². The number of hydrogen-bond donors (Lipinski definition) is 3. The number of nitrogens with zero attached hydrogens (tertiary/aromatic N) is 2. The molecule has 7 heteroatoms. The first-order valence-electron chi connectivity index (χ1n) is 9.81. The van der Waals surface area contributed by atoms with Crippen LogP contribution in [0.2, 0.25) is 5.02 Å². The van der Waals surface area contributed by atoms with Crippen LogP contribution in [-0.2, 0) is 16.8 Å². The van der Waals surface area contributed by atoms with Crippen LogP contribution in [0.25, 0.3) is 0 Å². The van der Waals surface area contributed by atoms with Crippen molar-refractivity contribution in [3.8, 4) is 0 Å². The maximum Gasteiger partial charge on any atom is 0.232 e. The smallest absolute Gasteiger partial charge is 0.232 e. The minimum atomic E-state index is -0.717. The number of anilines is 2. The fourth-order valence-corrected chi connectivity index (χ4v) is 4.99. The van der Waals surface area contributed by atoms with Crippen LogP contribution in [0, 0.1) is 0 Å². The maximum absolute atomic E-state index is 12.9. The second-order valence-electron chi connectivity index (χ2n) is 8.64.